The molecule has 0 N–H and O–H groups in total. The zero-order chi connectivity index (χ0) is 21.2. The van der Waals surface area contributed by atoms with E-state index in [0.717, 1.165) is 49.1 Å². The normalized spacial score (nSPS) is 14.3. The van der Waals surface area contributed by atoms with Crippen molar-refractivity contribution in [3.63, 3.8) is 0 Å². The highest BCUT2D eigenvalue weighted by atomic mass is 16.5. The molecular formula is C26H35NO3. The summed E-state index contributed by atoms with van der Waals surface area (Å²) in [6.07, 6.45) is 7.82. The van der Waals surface area contributed by atoms with Crippen molar-refractivity contribution in [2.45, 2.75) is 65.0 Å². The minimum absolute atomic E-state index is 0.200. The third kappa shape index (κ3) is 6.25. The smallest absolute Gasteiger partial charge is 0.225 e. The van der Waals surface area contributed by atoms with Crippen LogP contribution in [0.1, 0.15) is 63.0 Å². The SMILES string of the molecule is CCCCN(Cc1ccc(OCc2ccccc2)c(OC)c1)C(=O)C1CCCCC1. The van der Waals surface area contributed by atoms with Crippen molar-refractivity contribution < 1.29 is 14.3 Å². The Balaban J connectivity index is 1.68. The van der Waals surface area contributed by atoms with Gasteiger partial charge in [0.1, 0.15) is 6.61 Å². The molecule has 0 atom stereocenters. The summed E-state index contributed by atoms with van der Waals surface area (Å²) in [6, 6.07) is 16.1. The lowest BCUT2D eigenvalue weighted by Crippen LogP contribution is -2.37. The minimum Gasteiger partial charge on any atom is -0.493 e. The molecule has 0 aromatic heterocycles. The van der Waals surface area contributed by atoms with E-state index < -0.39 is 0 Å². The lowest BCUT2D eigenvalue weighted by molar-refractivity contribution is -0.137. The van der Waals surface area contributed by atoms with Gasteiger partial charge in [-0.15, -0.1) is 0 Å². The summed E-state index contributed by atoms with van der Waals surface area (Å²) in [5, 5.41) is 0. The topological polar surface area (TPSA) is 38.8 Å². The fourth-order valence-corrected chi connectivity index (χ4v) is 4.11. The third-order valence-electron chi connectivity index (χ3n) is 5.89. The number of hydrogen-bond donors (Lipinski definition) is 0. The lowest BCUT2D eigenvalue weighted by Gasteiger charge is -2.29. The molecule has 2 aromatic rings. The molecule has 0 radical (unpaired) electrons. The van der Waals surface area contributed by atoms with Crippen LogP contribution in [0.3, 0.4) is 0 Å². The van der Waals surface area contributed by atoms with Crippen LogP contribution in [0.5, 0.6) is 11.5 Å². The van der Waals surface area contributed by atoms with E-state index in [-0.39, 0.29) is 5.92 Å². The first-order chi connectivity index (χ1) is 14.7. The maximum absolute atomic E-state index is 13.2. The zero-order valence-electron chi connectivity index (χ0n) is 18.4. The van der Waals surface area contributed by atoms with Crippen molar-refractivity contribution in [2.75, 3.05) is 13.7 Å². The molecule has 3 rings (SSSR count). The first kappa shape index (κ1) is 22.2. The monoisotopic (exact) mass is 409 g/mol. The van der Waals surface area contributed by atoms with Crippen molar-refractivity contribution in [1.29, 1.82) is 0 Å². The van der Waals surface area contributed by atoms with E-state index in [4.69, 9.17) is 9.47 Å². The van der Waals surface area contributed by atoms with Crippen LogP contribution in [0.4, 0.5) is 0 Å². The van der Waals surface area contributed by atoms with Gasteiger partial charge in [-0.2, -0.15) is 0 Å². The molecule has 0 heterocycles. The number of nitrogens with zero attached hydrogens (tertiary/aromatic N) is 1. The van der Waals surface area contributed by atoms with Crippen molar-refractivity contribution in [2.24, 2.45) is 5.92 Å². The average molecular weight is 410 g/mol. The third-order valence-corrected chi connectivity index (χ3v) is 5.89. The quantitative estimate of drug-likeness (QED) is 0.484. The van der Waals surface area contributed by atoms with Gasteiger partial charge in [-0.3, -0.25) is 4.79 Å². The van der Waals surface area contributed by atoms with Gasteiger partial charge in [-0.25, -0.2) is 0 Å². The highest BCUT2D eigenvalue weighted by molar-refractivity contribution is 5.79. The molecule has 1 amide bonds. The maximum Gasteiger partial charge on any atom is 0.225 e. The van der Waals surface area contributed by atoms with E-state index >= 15 is 0 Å². The molecule has 2 aromatic carbocycles. The van der Waals surface area contributed by atoms with Crippen molar-refractivity contribution >= 4 is 5.91 Å². The number of rotatable bonds is 10. The van der Waals surface area contributed by atoms with Gasteiger partial charge in [0.05, 0.1) is 7.11 Å². The van der Waals surface area contributed by atoms with Gasteiger partial charge >= 0.3 is 0 Å². The first-order valence-corrected chi connectivity index (χ1v) is 11.3. The van der Waals surface area contributed by atoms with Gasteiger partial charge in [0, 0.05) is 19.0 Å². The Morgan fingerprint density at radius 2 is 1.77 bits per heavy atom. The number of unbranched alkanes of at least 4 members (excludes halogenated alkanes) is 1. The molecule has 4 heteroatoms. The second-order valence-electron chi connectivity index (χ2n) is 8.21. The largest absolute Gasteiger partial charge is 0.493 e. The Morgan fingerprint density at radius 3 is 2.47 bits per heavy atom. The number of amides is 1. The Labute approximate surface area is 181 Å². The zero-order valence-corrected chi connectivity index (χ0v) is 18.4. The summed E-state index contributed by atoms with van der Waals surface area (Å²) < 4.78 is 11.6. The lowest BCUT2D eigenvalue weighted by atomic mass is 9.88. The van der Waals surface area contributed by atoms with Crippen LogP contribution in [-0.2, 0) is 17.9 Å². The second-order valence-corrected chi connectivity index (χ2v) is 8.21. The van der Waals surface area contributed by atoms with Crippen LogP contribution >= 0.6 is 0 Å². The van der Waals surface area contributed by atoms with Crippen molar-refractivity contribution in [3.05, 3.63) is 59.7 Å². The van der Waals surface area contributed by atoms with Crippen molar-refractivity contribution in [3.8, 4) is 11.5 Å². The molecule has 4 nitrogen and oxygen atoms in total. The number of hydrogen-bond acceptors (Lipinski definition) is 3. The van der Waals surface area contributed by atoms with E-state index in [1.165, 1.54) is 19.3 Å². The minimum atomic E-state index is 0.200. The standard InChI is InChI=1S/C26H35NO3/c1-3-4-17-27(26(28)23-13-9-6-10-14-23)19-22-15-16-24(25(18-22)29-2)30-20-21-11-7-5-8-12-21/h5,7-8,11-12,15-16,18,23H,3-4,6,9-10,13-14,17,19-20H2,1-2H3. The van der Waals surface area contributed by atoms with Crippen LogP contribution in [0, 0.1) is 5.92 Å². The summed E-state index contributed by atoms with van der Waals surface area (Å²) in [5.41, 5.74) is 2.20. The number of carbonyl (C=O) groups excluding carboxylic acids is 1. The molecule has 1 fully saturated rings. The second kappa shape index (κ2) is 11.6. The first-order valence-electron chi connectivity index (χ1n) is 11.3. The maximum atomic E-state index is 13.2. The van der Waals surface area contributed by atoms with Gasteiger partial charge in [0.2, 0.25) is 5.91 Å². The molecule has 1 aliphatic rings. The molecule has 0 unspecified atom stereocenters. The summed E-state index contributed by atoms with van der Waals surface area (Å²) in [4.78, 5) is 15.2. The number of benzene rings is 2. The van der Waals surface area contributed by atoms with Crippen molar-refractivity contribution in [1.82, 2.24) is 4.90 Å². The Bertz CT molecular complexity index is 784. The molecular weight excluding hydrogens is 374 g/mol. The van der Waals surface area contributed by atoms with Crippen LogP contribution in [0.25, 0.3) is 0 Å². The number of ether oxygens (including phenoxy) is 2. The average Bonchev–Trinajstić information content (AvgIpc) is 2.81. The summed E-state index contributed by atoms with van der Waals surface area (Å²) in [5.74, 6) is 1.96. The van der Waals surface area contributed by atoms with E-state index in [1.807, 2.05) is 42.5 Å². The van der Waals surface area contributed by atoms with Crippen LogP contribution in [0.2, 0.25) is 0 Å². The molecule has 1 aliphatic carbocycles. The Hall–Kier alpha value is -2.49. The molecule has 162 valence electrons. The molecule has 0 spiro atoms. The van der Waals surface area contributed by atoms with Gasteiger partial charge < -0.3 is 14.4 Å². The van der Waals surface area contributed by atoms with Gasteiger partial charge in [0.15, 0.2) is 11.5 Å². The van der Waals surface area contributed by atoms with E-state index in [1.54, 1.807) is 7.11 Å². The van der Waals surface area contributed by atoms with E-state index in [9.17, 15) is 4.79 Å². The van der Waals surface area contributed by atoms with Gasteiger partial charge in [-0.1, -0.05) is 69.0 Å². The molecule has 1 saturated carbocycles. The fourth-order valence-electron chi connectivity index (χ4n) is 4.11. The molecule has 0 saturated heterocycles. The van der Waals surface area contributed by atoms with E-state index in [2.05, 4.69) is 17.9 Å². The highest BCUT2D eigenvalue weighted by Crippen LogP contribution is 2.30. The summed E-state index contributed by atoms with van der Waals surface area (Å²) >= 11 is 0. The summed E-state index contributed by atoms with van der Waals surface area (Å²) in [7, 11) is 1.66. The van der Waals surface area contributed by atoms with E-state index in [0.29, 0.717) is 24.8 Å². The number of carbonyl (C=O) groups is 1. The highest BCUT2D eigenvalue weighted by Gasteiger charge is 2.26. The molecule has 0 bridgehead atoms. The van der Waals surface area contributed by atoms with Crippen LogP contribution in [-0.4, -0.2) is 24.5 Å². The molecule has 0 aliphatic heterocycles. The predicted octanol–water partition coefficient (Wildman–Crippen LogP) is 5.98. The van der Waals surface area contributed by atoms with Crippen LogP contribution in [0.15, 0.2) is 48.5 Å². The fraction of sp³-hybridized carbons (Fsp3) is 0.500. The van der Waals surface area contributed by atoms with Gasteiger partial charge in [-0.05, 0) is 42.5 Å². The summed E-state index contributed by atoms with van der Waals surface area (Å²) in [6.45, 7) is 4.12. The van der Waals surface area contributed by atoms with Gasteiger partial charge in [0.25, 0.3) is 0 Å². The number of methoxy groups -OCH3 is 1. The predicted molar refractivity (Wildman–Crippen MR) is 121 cm³/mol. The Morgan fingerprint density at radius 1 is 1.00 bits per heavy atom. The van der Waals surface area contributed by atoms with Crippen LogP contribution < -0.4 is 9.47 Å². The Kier molecular flexibility index (Phi) is 8.61. The molecule has 30 heavy (non-hydrogen) atoms.